The van der Waals surface area contributed by atoms with Gasteiger partial charge < -0.3 is 24.8 Å². The molecule has 3 N–H and O–H groups in total. The fourth-order valence-corrected chi connectivity index (χ4v) is 4.96. The average molecular weight is 479 g/mol. The molecule has 0 aliphatic carbocycles. The second-order valence-electron chi connectivity index (χ2n) is 11.2. The van der Waals surface area contributed by atoms with Gasteiger partial charge in [-0.3, -0.25) is 0 Å². The first-order valence-corrected chi connectivity index (χ1v) is 12.4. The molecule has 0 fully saturated rings. The normalized spacial score (nSPS) is 20.7. The summed E-state index contributed by atoms with van der Waals surface area (Å²) in [5, 5.41) is 32.5. The Morgan fingerprint density at radius 3 is 2.54 bits per heavy atom. The topological polar surface area (TPSA) is 79.2 Å². The minimum absolute atomic E-state index is 0.0660. The molecule has 4 rings (SSSR count). The smallest absolute Gasteiger partial charge is 0.165 e. The Kier molecular flexibility index (Phi) is 6.43. The Morgan fingerprint density at radius 1 is 1.17 bits per heavy atom. The molecule has 5 heteroatoms. The third-order valence-electron chi connectivity index (χ3n) is 7.47. The summed E-state index contributed by atoms with van der Waals surface area (Å²) in [4.78, 5) is 0. The first kappa shape index (κ1) is 25.2. The fourth-order valence-electron chi connectivity index (χ4n) is 4.96. The fraction of sp³-hybridized carbons (Fsp3) is 0.467. The van der Waals surface area contributed by atoms with Crippen LogP contribution in [-0.4, -0.2) is 27.0 Å². The summed E-state index contributed by atoms with van der Waals surface area (Å²) in [5.41, 5.74) is 4.69. The van der Waals surface area contributed by atoms with Crippen molar-refractivity contribution in [3.63, 3.8) is 0 Å². The van der Waals surface area contributed by atoms with E-state index in [1.807, 2.05) is 39.8 Å². The highest BCUT2D eigenvalue weighted by molar-refractivity contribution is 5.58. The molecule has 2 heterocycles. The molecule has 2 aromatic rings. The number of ether oxygens (including phenoxy) is 2. The number of phenols is 2. The molecule has 0 saturated heterocycles. The Bertz CT molecular complexity index is 1180. The van der Waals surface area contributed by atoms with E-state index >= 15 is 0 Å². The zero-order valence-electron chi connectivity index (χ0n) is 21.7. The summed E-state index contributed by atoms with van der Waals surface area (Å²) in [7, 11) is 0. The Balaban J connectivity index is 1.78. The Labute approximate surface area is 208 Å². The van der Waals surface area contributed by atoms with E-state index < -0.39 is 11.7 Å². The minimum atomic E-state index is -0.783. The van der Waals surface area contributed by atoms with E-state index in [1.165, 1.54) is 5.57 Å². The van der Waals surface area contributed by atoms with Crippen LogP contribution in [0, 0.1) is 0 Å². The molecular weight excluding hydrogens is 440 g/mol. The summed E-state index contributed by atoms with van der Waals surface area (Å²) in [6, 6.07) is 5.47. The lowest BCUT2D eigenvalue weighted by atomic mass is 9.81. The van der Waals surface area contributed by atoms with Crippen LogP contribution >= 0.6 is 0 Å². The van der Waals surface area contributed by atoms with Gasteiger partial charge in [0.15, 0.2) is 11.5 Å². The van der Waals surface area contributed by atoms with E-state index in [0.29, 0.717) is 24.3 Å². The van der Waals surface area contributed by atoms with Crippen molar-refractivity contribution >= 4 is 0 Å². The molecule has 0 radical (unpaired) electrons. The van der Waals surface area contributed by atoms with Crippen LogP contribution in [0.25, 0.3) is 0 Å². The number of hydrogen-bond donors (Lipinski definition) is 3. The summed E-state index contributed by atoms with van der Waals surface area (Å²) in [5.74, 6) is 1.36. The maximum atomic E-state index is 11.0. The number of aliphatic hydroxyl groups excluding tert-OH is 1. The monoisotopic (exact) mass is 478 g/mol. The maximum Gasteiger partial charge on any atom is 0.165 e. The number of allylic oxidation sites excluding steroid dienone is 3. The third-order valence-corrected chi connectivity index (χ3v) is 7.47. The van der Waals surface area contributed by atoms with E-state index in [4.69, 9.17) is 9.47 Å². The van der Waals surface area contributed by atoms with Crippen LogP contribution in [-0.2, 0) is 24.7 Å². The van der Waals surface area contributed by atoms with Crippen molar-refractivity contribution in [2.75, 3.05) is 0 Å². The summed E-state index contributed by atoms with van der Waals surface area (Å²) in [6.07, 6.45) is 5.59. The van der Waals surface area contributed by atoms with Crippen LogP contribution in [0.5, 0.6) is 23.0 Å². The van der Waals surface area contributed by atoms with Gasteiger partial charge in [-0.2, -0.15) is 0 Å². The first-order chi connectivity index (χ1) is 16.3. The Morgan fingerprint density at radius 2 is 1.89 bits per heavy atom. The molecule has 0 bridgehead atoms. The van der Waals surface area contributed by atoms with Crippen LogP contribution in [0.15, 0.2) is 42.5 Å². The second kappa shape index (κ2) is 8.94. The number of aromatic hydroxyl groups is 2. The summed E-state index contributed by atoms with van der Waals surface area (Å²) < 4.78 is 12.5. The second-order valence-corrected chi connectivity index (χ2v) is 11.2. The molecule has 188 valence electrons. The number of fused-ring (bicyclic) bond motifs is 2. The van der Waals surface area contributed by atoms with Gasteiger partial charge in [0.2, 0.25) is 0 Å². The van der Waals surface area contributed by atoms with Crippen LogP contribution in [0.4, 0.5) is 0 Å². The zero-order valence-corrected chi connectivity index (χ0v) is 21.7. The molecular formula is C30H38O5. The lowest BCUT2D eigenvalue weighted by Gasteiger charge is -2.39. The van der Waals surface area contributed by atoms with Gasteiger partial charge in [-0.05, 0) is 70.2 Å². The SMILES string of the molecule is C=CC(C)(C)c1cc2c(cc1O)O[C@@H](c1cc(O)c3c(c1CC=C(C)C)C[C@H](O)C(C)(C)O3)CC2. The summed E-state index contributed by atoms with van der Waals surface area (Å²) >= 11 is 0. The van der Waals surface area contributed by atoms with Gasteiger partial charge in [-0.1, -0.05) is 31.6 Å². The van der Waals surface area contributed by atoms with Crippen molar-refractivity contribution < 1.29 is 24.8 Å². The van der Waals surface area contributed by atoms with Gasteiger partial charge in [0, 0.05) is 34.6 Å². The quantitative estimate of drug-likeness (QED) is 0.445. The number of aliphatic hydroxyl groups is 1. The molecule has 0 amide bonds. The lowest BCUT2D eigenvalue weighted by molar-refractivity contribution is -0.0428. The summed E-state index contributed by atoms with van der Waals surface area (Å²) in [6.45, 7) is 15.7. The molecule has 0 saturated carbocycles. The van der Waals surface area contributed by atoms with Gasteiger partial charge in [0.1, 0.15) is 23.2 Å². The molecule has 35 heavy (non-hydrogen) atoms. The molecule has 5 nitrogen and oxygen atoms in total. The van der Waals surface area contributed by atoms with Crippen LogP contribution in [0.1, 0.15) is 81.9 Å². The standard InChI is InChI=1S/C30H38O5/c1-8-29(4,5)22-13-18-10-12-25(34-26(18)16-23(22)31)20-14-24(32)28-21(19(20)11-9-17(2)3)15-27(33)30(6,7)35-28/h8-9,13-14,16,25,27,31-33H,1,10-12,15H2,2-7H3/t25-,27+/m1/s1. The first-order valence-electron chi connectivity index (χ1n) is 12.4. The molecule has 0 unspecified atom stereocenters. The van der Waals surface area contributed by atoms with E-state index in [0.717, 1.165) is 40.7 Å². The van der Waals surface area contributed by atoms with Gasteiger partial charge >= 0.3 is 0 Å². The predicted molar refractivity (Wildman–Crippen MR) is 139 cm³/mol. The van der Waals surface area contributed by atoms with Crippen molar-refractivity contribution in [2.45, 2.75) is 90.4 Å². The lowest BCUT2D eigenvalue weighted by Crippen LogP contribution is -2.46. The number of benzene rings is 2. The molecule has 2 aliphatic rings. The maximum absolute atomic E-state index is 11.0. The van der Waals surface area contributed by atoms with Crippen molar-refractivity contribution in [2.24, 2.45) is 0 Å². The van der Waals surface area contributed by atoms with E-state index in [-0.39, 0.29) is 23.0 Å². The van der Waals surface area contributed by atoms with Crippen LogP contribution in [0.2, 0.25) is 0 Å². The largest absolute Gasteiger partial charge is 0.507 e. The van der Waals surface area contributed by atoms with Crippen molar-refractivity contribution in [3.8, 4) is 23.0 Å². The molecule has 0 aromatic heterocycles. The molecule has 0 spiro atoms. The highest BCUT2D eigenvalue weighted by atomic mass is 16.5. The third kappa shape index (κ3) is 4.66. The minimum Gasteiger partial charge on any atom is -0.507 e. The van der Waals surface area contributed by atoms with Crippen LogP contribution < -0.4 is 9.47 Å². The number of hydrogen-bond acceptors (Lipinski definition) is 5. The van der Waals surface area contributed by atoms with E-state index in [9.17, 15) is 15.3 Å². The van der Waals surface area contributed by atoms with Gasteiger partial charge in [0.05, 0.1) is 6.10 Å². The highest BCUT2D eigenvalue weighted by Gasteiger charge is 2.39. The van der Waals surface area contributed by atoms with Crippen molar-refractivity contribution in [1.29, 1.82) is 0 Å². The van der Waals surface area contributed by atoms with Gasteiger partial charge in [-0.15, -0.1) is 6.58 Å². The zero-order chi connectivity index (χ0) is 25.7. The molecule has 2 atom stereocenters. The van der Waals surface area contributed by atoms with Crippen molar-refractivity contribution in [1.82, 2.24) is 0 Å². The Hall–Kier alpha value is -2.92. The average Bonchev–Trinajstić information content (AvgIpc) is 2.78. The van der Waals surface area contributed by atoms with E-state index in [2.05, 4.69) is 26.5 Å². The van der Waals surface area contributed by atoms with Gasteiger partial charge in [-0.25, -0.2) is 0 Å². The number of aryl methyl sites for hydroxylation is 1. The van der Waals surface area contributed by atoms with Crippen LogP contribution in [0.3, 0.4) is 0 Å². The molecule has 2 aromatic carbocycles. The number of phenolic OH excluding ortho intramolecular Hbond substituents is 2. The highest BCUT2D eigenvalue weighted by Crippen LogP contribution is 2.48. The number of rotatable bonds is 5. The predicted octanol–water partition coefficient (Wildman–Crippen LogP) is 6.21. The van der Waals surface area contributed by atoms with Gasteiger partial charge in [0.25, 0.3) is 0 Å². The van der Waals surface area contributed by atoms with Crippen molar-refractivity contribution in [3.05, 3.63) is 70.3 Å². The molecule has 2 aliphatic heterocycles. The van der Waals surface area contributed by atoms with E-state index in [1.54, 1.807) is 12.1 Å².